The topological polar surface area (TPSA) is 40.0 Å². The number of nitrogens with zero attached hydrogens (tertiary/aromatic N) is 1. The van der Waals surface area contributed by atoms with Crippen molar-refractivity contribution in [1.29, 1.82) is 0 Å². The second kappa shape index (κ2) is 15.1. The fourth-order valence-corrected chi connectivity index (χ4v) is 3.65. The summed E-state index contributed by atoms with van der Waals surface area (Å²) in [5, 5.41) is 3.67. The number of aryl methyl sites for hydroxylation is 1. The first-order chi connectivity index (χ1) is 17.0. The minimum absolute atomic E-state index is 0.0586. The highest BCUT2D eigenvalue weighted by Gasteiger charge is 2.38. The molecule has 0 aliphatic rings. The van der Waals surface area contributed by atoms with Crippen molar-refractivity contribution in [3.8, 4) is 11.5 Å². The van der Waals surface area contributed by atoms with E-state index in [9.17, 15) is 13.2 Å². The van der Waals surface area contributed by atoms with Gasteiger partial charge in [0, 0.05) is 17.7 Å². The maximum atomic E-state index is 13.7. The first-order valence-corrected chi connectivity index (χ1v) is 12.4. The lowest BCUT2D eigenvalue weighted by Crippen LogP contribution is -2.26. The van der Waals surface area contributed by atoms with Gasteiger partial charge < -0.3 is 14.3 Å². The lowest BCUT2D eigenvalue weighted by molar-refractivity contribution is -0.0612. The van der Waals surface area contributed by atoms with Crippen LogP contribution in [0, 0.1) is 0 Å². The van der Waals surface area contributed by atoms with Crippen molar-refractivity contribution in [1.82, 2.24) is 0 Å². The van der Waals surface area contributed by atoms with E-state index in [1.54, 1.807) is 12.1 Å². The van der Waals surface area contributed by atoms with Crippen LogP contribution in [0.5, 0.6) is 11.5 Å². The van der Waals surface area contributed by atoms with Crippen LogP contribution in [-0.4, -0.2) is 31.7 Å². The zero-order chi connectivity index (χ0) is 26.7. The summed E-state index contributed by atoms with van der Waals surface area (Å²) in [7, 11) is 0. The smallest absolute Gasteiger partial charge is 0.437 e. The van der Waals surface area contributed by atoms with Crippen LogP contribution in [-0.2, 0) is 11.3 Å². The molecule has 36 heavy (non-hydrogen) atoms. The van der Waals surface area contributed by atoms with Crippen molar-refractivity contribution in [3.05, 3.63) is 78.7 Å². The van der Waals surface area contributed by atoms with Gasteiger partial charge in [0.1, 0.15) is 27.9 Å². The summed E-state index contributed by atoms with van der Waals surface area (Å²) >= 11 is 34.4. The zero-order valence-electron chi connectivity index (χ0n) is 18.2. The summed E-state index contributed by atoms with van der Waals surface area (Å²) < 4.78 is 52.0. The summed E-state index contributed by atoms with van der Waals surface area (Å²) in [5.41, 5.74) is -0.890. The molecule has 13 heteroatoms. The quantitative estimate of drug-likeness (QED) is 0.134. The summed E-state index contributed by atoms with van der Waals surface area (Å²) in [5.74, 6) is 0.601. The Morgan fingerprint density at radius 2 is 1.50 bits per heavy atom. The van der Waals surface area contributed by atoms with Gasteiger partial charge in [0.2, 0.25) is 0 Å². The molecule has 0 fully saturated rings. The summed E-state index contributed by atoms with van der Waals surface area (Å²) in [6.45, 7) is -0.0764. The van der Waals surface area contributed by atoms with Gasteiger partial charge in [0.15, 0.2) is 11.5 Å². The van der Waals surface area contributed by atoms with Crippen molar-refractivity contribution < 1.29 is 27.5 Å². The molecule has 0 spiro atoms. The molecule has 0 N–H and O–H groups in total. The van der Waals surface area contributed by atoms with Gasteiger partial charge in [-0.05, 0) is 30.6 Å². The number of ether oxygens (including phenoxy) is 2. The number of alkyl halides is 3. The molecule has 0 atom stereocenters. The van der Waals surface area contributed by atoms with E-state index < -0.39 is 11.9 Å². The third-order valence-corrected chi connectivity index (χ3v) is 5.48. The predicted octanol–water partition coefficient (Wildman–Crippen LogP) is 9.30. The van der Waals surface area contributed by atoms with Crippen LogP contribution in [0.1, 0.15) is 17.5 Å². The maximum absolute atomic E-state index is 13.7. The lowest BCUT2D eigenvalue weighted by atomic mass is 9.99. The molecule has 0 aromatic heterocycles. The van der Waals surface area contributed by atoms with Crippen molar-refractivity contribution >= 4 is 75.3 Å². The standard InChI is InChI=1S/C23H18Cl6F3NO3/c24-17-12-15(34-10-7-19(26)27)13-18(25)21(17)35-9-3-5-14-4-1-2-6-16(14)22(23(30,31)32)33-36-11-8-20(28)29/h1-2,4,6-8,12-13H,3,5,9-11H2/b33-22-. The minimum Gasteiger partial charge on any atom is -0.490 e. The number of rotatable bonds is 12. The van der Waals surface area contributed by atoms with Crippen LogP contribution in [0.15, 0.2) is 62.7 Å². The van der Waals surface area contributed by atoms with E-state index in [0.29, 0.717) is 17.7 Å². The largest absolute Gasteiger partial charge is 0.490 e. The van der Waals surface area contributed by atoms with E-state index in [-0.39, 0.29) is 56.6 Å². The van der Waals surface area contributed by atoms with Crippen LogP contribution in [0.4, 0.5) is 13.2 Å². The Morgan fingerprint density at radius 3 is 2.11 bits per heavy atom. The molecular weight excluding hydrogens is 608 g/mol. The average Bonchev–Trinajstić information content (AvgIpc) is 2.77. The van der Waals surface area contributed by atoms with Gasteiger partial charge in [0.25, 0.3) is 0 Å². The Hall–Kier alpha value is -1.48. The van der Waals surface area contributed by atoms with Gasteiger partial charge >= 0.3 is 6.18 Å². The van der Waals surface area contributed by atoms with Gasteiger partial charge in [-0.25, -0.2) is 0 Å². The summed E-state index contributed by atoms with van der Waals surface area (Å²) in [6.07, 6.45) is -1.53. The molecule has 0 bridgehead atoms. The summed E-state index contributed by atoms with van der Waals surface area (Å²) in [6, 6.07) is 9.00. The first kappa shape index (κ1) is 30.7. The predicted molar refractivity (Wildman–Crippen MR) is 140 cm³/mol. The van der Waals surface area contributed by atoms with Crippen LogP contribution in [0.3, 0.4) is 0 Å². The molecule has 0 saturated carbocycles. The van der Waals surface area contributed by atoms with Gasteiger partial charge in [-0.2, -0.15) is 13.2 Å². The van der Waals surface area contributed by atoms with Gasteiger partial charge in [-0.1, -0.05) is 99.0 Å². The average molecular weight is 626 g/mol. The van der Waals surface area contributed by atoms with E-state index >= 15 is 0 Å². The molecule has 0 radical (unpaired) electrons. The molecule has 2 aromatic rings. The van der Waals surface area contributed by atoms with Crippen molar-refractivity contribution in [2.45, 2.75) is 19.0 Å². The molecule has 2 rings (SSSR count). The Bertz CT molecular complexity index is 1090. The number of halogens is 9. The van der Waals surface area contributed by atoms with Gasteiger partial charge in [-0.3, -0.25) is 0 Å². The fourth-order valence-electron chi connectivity index (χ4n) is 2.82. The van der Waals surface area contributed by atoms with E-state index in [0.717, 1.165) is 0 Å². The third-order valence-electron chi connectivity index (χ3n) is 4.31. The SMILES string of the molecule is FC(F)(F)/C(=N\OCC=C(Cl)Cl)c1ccccc1CCCOc1c(Cl)cc(OCC=C(Cl)Cl)cc1Cl. The maximum Gasteiger partial charge on any atom is 0.437 e. The van der Waals surface area contributed by atoms with Crippen LogP contribution < -0.4 is 9.47 Å². The second-order valence-electron chi connectivity index (χ2n) is 6.86. The second-order valence-corrected chi connectivity index (χ2v) is 9.69. The van der Waals surface area contributed by atoms with Gasteiger partial charge in [0.05, 0.1) is 16.7 Å². The molecule has 0 aliphatic heterocycles. The molecule has 0 unspecified atom stereocenters. The minimum atomic E-state index is -4.75. The van der Waals surface area contributed by atoms with Crippen LogP contribution >= 0.6 is 69.6 Å². The molecule has 0 saturated heterocycles. The van der Waals surface area contributed by atoms with E-state index in [4.69, 9.17) is 83.9 Å². The van der Waals surface area contributed by atoms with Crippen LogP contribution in [0.2, 0.25) is 10.0 Å². The Labute approximate surface area is 236 Å². The van der Waals surface area contributed by atoms with E-state index in [1.807, 2.05) is 0 Å². The van der Waals surface area contributed by atoms with Gasteiger partial charge in [-0.15, -0.1) is 0 Å². The number of oxime groups is 1. The van der Waals surface area contributed by atoms with E-state index in [1.165, 1.54) is 36.4 Å². The van der Waals surface area contributed by atoms with Crippen molar-refractivity contribution in [2.24, 2.45) is 5.16 Å². The van der Waals surface area contributed by atoms with Crippen molar-refractivity contribution in [2.75, 3.05) is 19.8 Å². The molecule has 2 aromatic carbocycles. The number of hydrogen-bond acceptors (Lipinski definition) is 4. The lowest BCUT2D eigenvalue weighted by Gasteiger charge is -2.15. The molecule has 0 amide bonds. The molecule has 4 nitrogen and oxygen atoms in total. The normalized spacial score (nSPS) is 11.6. The molecule has 0 heterocycles. The molecule has 196 valence electrons. The third kappa shape index (κ3) is 10.5. The first-order valence-electron chi connectivity index (χ1n) is 10.1. The van der Waals surface area contributed by atoms with E-state index in [2.05, 4.69) is 5.16 Å². The van der Waals surface area contributed by atoms with Crippen molar-refractivity contribution in [3.63, 3.8) is 0 Å². The fraction of sp³-hybridized carbons (Fsp3) is 0.261. The number of hydrogen-bond donors (Lipinski definition) is 0. The summed E-state index contributed by atoms with van der Waals surface area (Å²) in [4.78, 5) is 4.74. The number of benzene rings is 2. The molecule has 0 aliphatic carbocycles. The molecular formula is C23H18Cl6F3NO3. The monoisotopic (exact) mass is 623 g/mol. The van der Waals surface area contributed by atoms with Crippen LogP contribution in [0.25, 0.3) is 0 Å². The highest BCUT2D eigenvalue weighted by Crippen LogP contribution is 2.37. The zero-order valence-corrected chi connectivity index (χ0v) is 22.8. The Kier molecular flexibility index (Phi) is 12.9. The highest BCUT2D eigenvalue weighted by molar-refractivity contribution is 6.56. The Morgan fingerprint density at radius 1 is 0.889 bits per heavy atom. The Balaban J connectivity index is 2.06. The highest BCUT2D eigenvalue weighted by atomic mass is 35.5.